The van der Waals surface area contributed by atoms with Crippen LogP contribution in [0.3, 0.4) is 0 Å². The first-order valence-corrected chi connectivity index (χ1v) is 9.75. The van der Waals surface area contributed by atoms with Crippen molar-refractivity contribution in [2.75, 3.05) is 7.11 Å². The van der Waals surface area contributed by atoms with Gasteiger partial charge in [-0.2, -0.15) is 0 Å². The number of rotatable bonds is 4. The highest BCUT2D eigenvalue weighted by molar-refractivity contribution is 7.07. The van der Waals surface area contributed by atoms with E-state index in [0.717, 1.165) is 0 Å². The summed E-state index contributed by atoms with van der Waals surface area (Å²) in [6.07, 6.45) is 3.05. The Morgan fingerprint density at radius 3 is 2.55 bits per heavy atom. The number of ether oxygens (including phenoxy) is 1. The first-order chi connectivity index (χ1) is 13.7. The van der Waals surface area contributed by atoms with Crippen molar-refractivity contribution in [1.82, 2.24) is 4.98 Å². The van der Waals surface area contributed by atoms with Crippen LogP contribution in [0.15, 0.2) is 45.6 Å². The second-order valence-electron chi connectivity index (χ2n) is 7.43. The van der Waals surface area contributed by atoms with Crippen molar-refractivity contribution >= 4 is 35.2 Å². The number of methoxy groups -OCH3 is 1. The number of esters is 1. The smallest absolute Gasteiger partial charge is 0.338 e. The van der Waals surface area contributed by atoms with Gasteiger partial charge in [-0.05, 0) is 18.2 Å². The summed E-state index contributed by atoms with van der Waals surface area (Å²) < 4.78 is 11.5. The molecule has 0 aliphatic heterocycles. The Kier molecular flexibility index (Phi) is 5.70. The average molecular weight is 411 g/mol. The van der Waals surface area contributed by atoms with Gasteiger partial charge in [-0.15, -0.1) is 11.3 Å². The Morgan fingerprint density at radius 1 is 1.14 bits per heavy atom. The number of hydrogen-bond donors (Lipinski definition) is 1. The topological polar surface area (TPSA) is 89.4 Å². The summed E-state index contributed by atoms with van der Waals surface area (Å²) in [7, 11) is 1.32. The van der Waals surface area contributed by atoms with E-state index in [-0.39, 0.29) is 11.3 Å². The van der Waals surface area contributed by atoms with E-state index >= 15 is 0 Å². The van der Waals surface area contributed by atoms with Gasteiger partial charge < -0.3 is 14.1 Å². The molecule has 3 aromatic rings. The Morgan fingerprint density at radius 2 is 1.86 bits per heavy atom. The van der Waals surface area contributed by atoms with Crippen LogP contribution in [0.1, 0.15) is 36.9 Å². The molecule has 0 saturated carbocycles. The zero-order valence-electron chi connectivity index (χ0n) is 16.6. The summed E-state index contributed by atoms with van der Waals surface area (Å²) in [6.45, 7) is 5.46. The van der Waals surface area contributed by atoms with Crippen LogP contribution in [0.25, 0.3) is 23.5 Å². The predicted molar refractivity (Wildman–Crippen MR) is 112 cm³/mol. The van der Waals surface area contributed by atoms with E-state index in [1.807, 2.05) is 20.8 Å². The molecular weight excluding hydrogens is 390 g/mol. The third-order valence-electron chi connectivity index (χ3n) is 4.18. The molecule has 0 aliphatic carbocycles. The molecule has 0 fully saturated rings. The van der Waals surface area contributed by atoms with Crippen molar-refractivity contribution < 1.29 is 18.7 Å². The van der Waals surface area contributed by atoms with Crippen molar-refractivity contribution in [3.8, 4) is 11.3 Å². The van der Waals surface area contributed by atoms with Crippen LogP contribution in [0.4, 0.5) is 0 Å². The van der Waals surface area contributed by atoms with Crippen LogP contribution in [-0.4, -0.2) is 23.8 Å². The number of aromatic nitrogens is 1. The van der Waals surface area contributed by atoms with Gasteiger partial charge >= 0.3 is 5.97 Å². The first kappa shape index (κ1) is 20.5. The number of thiazole rings is 1. The molecule has 2 heterocycles. The van der Waals surface area contributed by atoms with E-state index in [4.69, 9.17) is 9.15 Å². The monoisotopic (exact) mass is 411 g/mol. The molecule has 1 aromatic carbocycles. The molecule has 0 spiro atoms. The van der Waals surface area contributed by atoms with E-state index in [1.54, 1.807) is 42.5 Å². The summed E-state index contributed by atoms with van der Waals surface area (Å²) in [5, 5.41) is 0. The van der Waals surface area contributed by atoms with Crippen molar-refractivity contribution in [3.63, 3.8) is 0 Å². The Balaban J connectivity index is 1.99. The molecule has 7 heteroatoms. The Labute approximate surface area is 171 Å². The van der Waals surface area contributed by atoms with Gasteiger partial charge in [0.15, 0.2) is 5.78 Å². The molecule has 3 rings (SSSR count). The first-order valence-electron chi connectivity index (χ1n) is 8.93. The third kappa shape index (κ3) is 4.63. The fourth-order valence-electron chi connectivity index (χ4n) is 2.55. The number of furan rings is 1. The van der Waals surface area contributed by atoms with Crippen LogP contribution in [0.5, 0.6) is 0 Å². The van der Waals surface area contributed by atoms with E-state index in [2.05, 4.69) is 4.98 Å². The minimum Gasteiger partial charge on any atom is -0.465 e. The van der Waals surface area contributed by atoms with E-state index in [9.17, 15) is 14.4 Å². The van der Waals surface area contributed by atoms with Crippen LogP contribution in [-0.2, 0) is 9.53 Å². The molecule has 0 atom stereocenters. The molecule has 6 nitrogen and oxygen atoms in total. The lowest BCUT2D eigenvalue weighted by atomic mass is 9.91. The molecule has 29 heavy (non-hydrogen) atoms. The van der Waals surface area contributed by atoms with Crippen molar-refractivity contribution in [2.24, 2.45) is 5.41 Å². The van der Waals surface area contributed by atoms with Gasteiger partial charge in [-0.3, -0.25) is 9.59 Å². The zero-order chi connectivity index (χ0) is 21.2. The Hall–Kier alpha value is -3.19. The molecule has 0 amide bonds. The van der Waals surface area contributed by atoms with Gasteiger partial charge in [-0.25, -0.2) is 4.79 Å². The molecule has 0 radical (unpaired) electrons. The number of H-pyrrole nitrogens is 1. The highest BCUT2D eigenvalue weighted by Crippen LogP contribution is 2.26. The SMILES string of the molecule is COC(=O)c1ccccc1-c1ccc(/C=c2\s/c(=C/C(=O)C(C)(C)C)[nH]c2=O)o1. The Bertz CT molecular complexity index is 1240. The summed E-state index contributed by atoms with van der Waals surface area (Å²) >= 11 is 1.18. The third-order valence-corrected chi connectivity index (χ3v) is 5.14. The fraction of sp³-hybridized carbons (Fsp3) is 0.227. The van der Waals surface area contributed by atoms with Crippen LogP contribution < -0.4 is 14.8 Å². The van der Waals surface area contributed by atoms with Crippen molar-refractivity contribution in [2.45, 2.75) is 20.8 Å². The lowest BCUT2D eigenvalue weighted by Crippen LogP contribution is -2.22. The molecular formula is C22H21NO5S. The number of carbonyl (C=O) groups is 2. The van der Waals surface area contributed by atoms with E-state index < -0.39 is 11.4 Å². The van der Waals surface area contributed by atoms with E-state index in [1.165, 1.54) is 24.5 Å². The lowest BCUT2D eigenvalue weighted by Gasteiger charge is -2.12. The highest BCUT2D eigenvalue weighted by atomic mass is 32.1. The largest absolute Gasteiger partial charge is 0.465 e. The second-order valence-corrected chi connectivity index (χ2v) is 8.51. The fourth-order valence-corrected chi connectivity index (χ4v) is 3.42. The van der Waals surface area contributed by atoms with Crippen molar-refractivity contribution in [3.05, 3.63) is 67.3 Å². The maximum Gasteiger partial charge on any atom is 0.338 e. The van der Waals surface area contributed by atoms with Gasteiger partial charge in [0.2, 0.25) is 0 Å². The van der Waals surface area contributed by atoms with Crippen molar-refractivity contribution in [1.29, 1.82) is 0 Å². The number of ketones is 1. The minimum atomic E-state index is -0.520. The standard InChI is InChI=1S/C22H21NO5S/c1-22(2,3)18(24)12-19-23-20(25)17(29-19)11-13-9-10-16(28-13)14-7-5-6-8-15(14)21(26)27-4/h5-12H,1-4H3,(H,23,25)/b17-11-,19-12+. The number of carbonyl (C=O) groups excluding carboxylic acids is 2. The number of hydrogen-bond acceptors (Lipinski definition) is 6. The minimum absolute atomic E-state index is 0.0683. The van der Waals surface area contributed by atoms with Gasteiger partial charge in [0.25, 0.3) is 5.56 Å². The van der Waals surface area contributed by atoms with Gasteiger partial charge in [0, 0.05) is 23.1 Å². The summed E-state index contributed by atoms with van der Waals surface area (Å²) in [5.41, 5.74) is 0.176. The molecule has 0 saturated heterocycles. The molecule has 0 bridgehead atoms. The number of nitrogens with one attached hydrogen (secondary N) is 1. The molecule has 2 aromatic heterocycles. The molecule has 0 unspecified atom stereocenters. The summed E-state index contributed by atoms with van der Waals surface area (Å²) in [5.74, 6) is 0.419. The lowest BCUT2D eigenvalue weighted by molar-refractivity contribution is -0.119. The molecule has 1 N–H and O–H groups in total. The second kappa shape index (κ2) is 8.05. The number of Topliss-reactive ketones (excluding diaryl/α,β-unsaturated/α-hetero) is 1. The van der Waals surface area contributed by atoms with Crippen LogP contribution in [0, 0.1) is 5.41 Å². The molecule has 0 aliphatic rings. The summed E-state index contributed by atoms with van der Waals surface area (Å²) in [4.78, 5) is 39.0. The summed E-state index contributed by atoms with van der Waals surface area (Å²) in [6, 6.07) is 10.4. The molecule has 150 valence electrons. The normalized spacial score (nSPS) is 13.0. The zero-order valence-corrected chi connectivity index (χ0v) is 17.4. The van der Waals surface area contributed by atoms with Crippen LogP contribution in [0.2, 0.25) is 0 Å². The van der Waals surface area contributed by atoms with Gasteiger partial charge in [-0.1, -0.05) is 39.0 Å². The quantitative estimate of drug-likeness (QED) is 0.667. The maximum absolute atomic E-state index is 12.2. The predicted octanol–water partition coefficient (Wildman–Crippen LogP) is 2.71. The highest BCUT2D eigenvalue weighted by Gasteiger charge is 2.19. The number of benzene rings is 1. The number of aromatic amines is 1. The van der Waals surface area contributed by atoms with Gasteiger partial charge in [0.1, 0.15) is 11.5 Å². The average Bonchev–Trinajstić information content (AvgIpc) is 3.27. The van der Waals surface area contributed by atoms with Crippen LogP contribution >= 0.6 is 11.3 Å². The van der Waals surface area contributed by atoms with Gasteiger partial charge in [0.05, 0.1) is 21.9 Å². The maximum atomic E-state index is 12.2. The van der Waals surface area contributed by atoms with E-state index in [0.29, 0.717) is 31.8 Å².